The van der Waals surface area contributed by atoms with E-state index in [4.69, 9.17) is 4.74 Å². The molecule has 2 aliphatic rings. The van der Waals surface area contributed by atoms with Gasteiger partial charge in [0.2, 0.25) is 5.91 Å². The fraction of sp³-hybridized carbons (Fsp3) is 0.731. The Morgan fingerprint density at radius 2 is 1.97 bits per heavy atom. The van der Waals surface area contributed by atoms with Crippen LogP contribution in [-0.4, -0.2) is 56.8 Å². The number of fused-ring (bicyclic) bond motifs is 1. The van der Waals surface area contributed by atoms with E-state index in [2.05, 4.69) is 17.2 Å². The molecule has 3 N–H and O–H groups in total. The van der Waals surface area contributed by atoms with E-state index in [0.29, 0.717) is 6.42 Å². The van der Waals surface area contributed by atoms with Crippen LogP contribution in [0, 0.1) is 18.3 Å². The minimum absolute atomic E-state index is 0.0226. The van der Waals surface area contributed by atoms with Crippen LogP contribution in [0.25, 0.3) is 6.08 Å². The smallest absolute Gasteiger partial charge is 0.223 e. The molecule has 1 aromatic rings. The molecular formula is C26H40N2O5S. The van der Waals surface area contributed by atoms with Crippen molar-refractivity contribution < 1.29 is 24.5 Å². The molecule has 3 heterocycles. The zero-order valence-electron chi connectivity index (χ0n) is 21.3. The van der Waals surface area contributed by atoms with Crippen LogP contribution >= 0.6 is 11.3 Å². The Kier molecular flexibility index (Phi) is 8.38. The van der Waals surface area contributed by atoms with E-state index in [-0.39, 0.29) is 48.2 Å². The van der Waals surface area contributed by atoms with Crippen LogP contribution in [0.2, 0.25) is 0 Å². The van der Waals surface area contributed by atoms with Crippen molar-refractivity contribution in [1.82, 2.24) is 10.3 Å². The highest BCUT2D eigenvalue weighted by atomic mass is 32.1. The Labute approximate surface area is 207 Å². The molecule has 6 atom stereocenters. The fourth-order valence-corrected chi connectivity index (χ4v) is 5.22. The minimum atomic E-state index is -1.15. The van der Waals surface area contributed by atoms with E-state index >= 15 is 0 Å². The zero-order chi connectivity index (χ0) is 25.3. The van der Waals surface area contributed by atoms with Gasteiger partial charge in [-0.15, -0.1) is 11.3 Å². The summed E-state index contributed by atoms with van der Waals surface area (Å²) in [4.78, 5) is 30.4. The van der Waals surface area contributed by atoms with Gasteiger partial charge in [0, 0.05) is 23.6 Å². The molecule has 0 spiro atoms. The SMILES string of the molecule is C/C(=C\c1csc(C)n1)[C@@H]1C[C@@H]2O[C@]2(C)CCC[C@H](C)[C@H](O)CC(=O)C(C)(C)C(O)CC(=O)N1. The number of ketones is 1. The molecular weight excluding hydrogens is 452 g/mol. The van der Waals surface area contributed by atoms with Gasteiger partial charge < -0.3 is 20.3 Å². The number of aliphatic hydroxyl groups excluding tert-OH is 2. The number of epoxide rings is 1. The molecule has 1 unspecified atom stereocenters. The molecule has 1 aromatic heterocycles. The molecule has 190 valence electrons. The summed E-state index contributed by atoms with van der Waals surface area (Å²) in [7, 11) is 0. The van der Waals surface area contributed by atoms with Gasteiger partial charge in [-0.1, -0.05) is 27.2 Å². The number of carbonyl (C=O) groups is 2. The molecule has 0 aromatic carbocycles. The number of ether oxygens (including phenoxy) is 1. The third kappa shape index (κ3) is 6.53. The number of aromatic nitrogens is 1. The summed E-state index contributed by atoms with van der Waals surface area (Å²) in [5.74, 6) is -0.583. The van der Waals surface area contributed by atoms with Gasteiger partial charge in [0.25, 0.3) is 0 Å². The predicted octanol–water partition coefficient (Wildman–Crippen LogP) is 3.80. The first-order valence-electron chi connectivity index (χ1n) is 12.3. The first-order chi connectivity index (χ1) is 15.8. The van der Waals surface area contributed by atoms with Gasteiger partial charge in [0.1, 0.15) is 5.78 Å². The van der Waals surface area contributed by atoms with Gasteiger partial charge >= 0.3 is 0 Å². The summed E-state index contributed by atoms with van der Waals surface area (Å²) in [5.41, 5.74) is 0.449. The Bertz CT molecular complexity index is 926. The van der Waals surface area contributed by atoms with Crippen LogP contribution in [0.5, 0.6) is 0 Å². The summed E-state index contributed by atoms with van der Waals surface area (Å²) in [6, 6.07) is -0.263. The number of aryl methyl sites for hydroxylation is 1. The molecule has 1 amide bonds. The van der Waals surface area contributed by atoms with Crippen LogP contribution in [-0.2, 0) is 14.3 Å². The second-order valence-electron chi connectivity index (χ2n) is 11.0. The average molecular weight is 493 g/mol. The van der Waals surface area contributed by atoms with E-state index in [9.17, 15) is 19.8 Å². The lowest BCUT2D eigenvalue weighted by molar-refractivity contribution is -0.138. The molecule has 0 aliphatic carbocycles. The van der Waals surface area contributed by atoms with E-state index < -0.39 is 17.6 Å². The first kappa shape index (κ1) is 27.0. The molecule has 2 aliphatic heterocycles. The maximum atomic E-state index is 13.0. The van der Waals surface area contributed by atoms with Crippen molar-refractivity contribution in [2.75, 3.05) is 0 Å². The number of hydrogen-bond donors (Lipinski definition) is 3. The van der Waals surface area contributed by atoms with Crippen molar-refractivity contribution in [2.24, 2.45) is 11.3 Å². The molecule has 2 fully saturated rings. The normalized spacial score (nSPS) is 36.0. The number of amides is 1. The van der Waals surface area contributed by atoms with Gasteiger partial charge in [-0.3, -0.25) is 9.59 Å². The third-order valence-corrected chi connectivity index (χ3v) is 8.49. The highest BCUT2D eigenvalue weighted by Gasteiger charge is 2.52. The molecule has 0 radical (unpaired) electrons. The first-order valence-corrected chi connectivity index (χ1v) is 13.2. The highest BCUT2D eigenvalue weighted by Crippen LogP contribution is 2.44. The van der Waals surface area contributed by atoms with E-state index in [1.165, 1.54) is 0 Å². The van der Waals surface area contributed by atoms with E-state index in [1.807, 2.05) is 32.2 Å². The van der Waals surface area contributed by atoms with Crippen LogP contribution in [0.15, 0.2) is 11.0 Å². The highest BCUT2D eigenvalue weighted by molar-refractivity contribution is 7.09. The number of nitrogens with zero attached hydrogens (tertiary/aromatic N) is 1. The monoisotopic (exact) mass is 492 g/mol. The second-order valence-corrected chi connectivity index (χ2v) is 12.0. The third-order valence-electron chi connectivity index (χ3n) is 7.70. The zero-order valence-corrected chi connectivity index (χ0v) is 22.1. The lowest BCUT2D eigenvalue weighted by Crippen LogP contribution is -2.44. The van der Waals surface area contributed by atoms with Crippen molar-refractivity contribution in [3.63, 3.8) is 0 Å². The van der Waals surface area contributed by atoms with Crippen molar-refractivity contribution in [2.45, 2.75) is 110 Å². The Morgan fingerprint density at radius 3 is 2.62 bits per heavy atom. The molecule has 34 heavy (non-hydrogen) atoms. The fourth-order valence-electron chi connectivity index (χ4n) is 4.65. The van der Waals surface area contributed by atoms with Crippen molar-refractivity contribution in [3.8, 4) is 0 Å². The van der Waals surface area contributed by atoms with Crippen molar-refractivity contribution in [3.05, 3.63) is 21.7 Å². The lowest BCUT2D eigenvalue weighted by Gasteiger charge is -2.31. The Balaban J connectivity index is 1.83. The Morgan fingerprint density at radius 1 is 1.26 bits per heavy atom. The molecule has 0 bridgehead atoms. The summed E-state index contributed by atoms with van der Waals surface area (Å²) >= 11 is 1.58. The number of thiazole rings is 1. The number of aliphatic hydroxyl groups is 2. The van der Waals surface area contributed by atoms with Gasteiger partial charge in [0.05, 0.1) is 47.1 Å². The number of carbonyl (C=O) groups excluding carboxylic acids is 2. The Hall–Kier alpha value is -1.61. The molecule has 3 rings (SSSR count). The maximum Gasteiger partial charge on any atom is 0.223 e. The van der Waals surface area contributed by atoms with E-state index in [1.54, 1.807) is 25.2 Å². The summed E-state index contributed by atoms with van der Waals surface area (Å²) in [5, 5.41) is 27.4. The number of Topliss-reactive ketones (excluding diaryl/α,β-unsaturated/α-hetero) is 1. The van der Waals surface area contributed by atoms with Crippen LogP contribution in [0.3, 0.4) is 0 Å². The number of rotatable bonds is 2. The van der Waals surface area contributed by atoms with Crippen molar-refractivity contribution in [1.29, 1.82) is 0 Å². The van der Waals surface area contributed by atoms with Crippen LogP contribution < -0.4 is 5.32 Å². The summed E-state index contributed by atoms with van der Waals surface area (Å²) in [6.07, 6.45) is 3.05. The number of nitrogens with one attached hydrogen (secondary N) is 1. The van der Waals surface area contributed by atoms with Gasteiger partial charge in [-0.05, 0) is 51.2 Å². The molecule has 2 saturated heterocycles. The maximum absolute atomic E-state index is 13.0. The summed E-state index contributed by atoms with van der Waals surface area (Å²) < 4.78 is 6.08. The average Bonchev–Trinajstić information content (AvgIpc) is 3.18. The largest absolute Gasteiger partial charge is 0.392 e. The summed E-state index contributed by atoms with van der Waals surface area (Å²) in [6.45, 7) is 11.3. The molecule has 8 heteroatoms. The van der Waals surface area contributed by atoms with Crippen LogP contribution in [0.1, 0.15) is 83.8 Å². The second kappa shape index (κ2) is 10.6. The molecule has 7 nitrogen and oxygen atoms in total. The predicted molar refractivity (Wildman–Crippen MR) is 133 cm³/mol. The van der Waals surface area contributed by atoms with Gasteiger partial charge in [-0.2, -0.15) is 0 Å². The molecule has 0 saturated carbocycles. The quantitative estimate of drug-likeness (QED) is 0.542. The van der Waals surface area contributed by atoms with Crippen molar-refractivity contribution >= 4 is 29.1 Å². The lowest BCUT2D eigenvalue weighted by atomic mass is 9.77. The van der Waals surface area contributed by atoms with Gasteiger partial charge in [0.15, 0.2) is 0 Å². The van der Waals surface area contributed by atoms with Crippen LogP contribution in [0.4, 0.5) is 0 Å². The number of hydrogen-bond acceptors (Lipinski definition) is 7. The van der Waals surface area contributed by atoms with E-state index in [0.717, 1.165) is 35.5 Å². The van der Waals surface area contributed by atoms with Gasteiger partial charge in [-0.25, -0.2) is 4.98 Å². The standard InChI is InChI=1S/C26H40N2O5S/c1-15-8-7-9-26(6)23(33-26)11-19(16(2)10-18-14-34-17(3)27-18)28-24(32)13-22(31)25(4,5)21(30)12-20(15)29/h10,14-15,19-20,22-23,29,31H,7-9,11-13H2,1-6H3,(H,28,32)/b16-10+/t15-,19-,20+,22?,23-,26+/m0/s1. The minimum Gasteiger partial charge on any atom is -0.392 e. The topological polar surface area (TPSA) is 112 Å².